The van der Waals surface area contributed by atoms with Crippen LogP contribution >= 0.6 is 0 Å². The zero-order chi connectivity index (χ0) is 11.8. The van der Waals surface area contributed by atoms with Crippen molar-refractivity contribution < 1.29 is 14.3 Å². The number of ether oxygens (including phenoxy) is 2. The Labute approximate surface area is 99.3 Å². The molecule has 1 saturated heterocycles. The lowest BCUT2D eigenvalue weighted by Gasteiger charge is -2.27. The molecule has 1 aromatic rings. The van der Waals surface area contributed by atoms with Crippen molar-refractivity contribution in [2.75, 3.05) is 25.2 Å². The molecule has 0 spiro atoms. The Morgan fingerprint density at radius 3 is 3.06 bits per heavy atom. The standard InChI is InChI=1S/C12H14N2O3/c1-16-10-4-2-8-3-5-11(15)14(12(8)13-10)6-9-7-17-9/h2,4,9H,3,5-7H2,1H3. The molecule has 0 N–H and O–H groups in total. The van der Waals surface area contributed by atoms with E-state index in [1.807, 2.05) is 12.1 Å². The summed E-state index contributed by atoms with van der Waals surface area (Å²) in [4.78, 5) is 18.0. The first kappa shape index (κ1) is 10.5. The molecule has 1 fully saturated rings. The van der Waals surface area contributed by atoms with Gasteiger partial charge in [-0.3, -0.25) is 9.69 Å². The minimum atomic E-state index is 0.119. The first-order chi connectivity index (χ1) is 8.28. The maximum absolute atomic E-state index is 11.9. The minimum Gasteiger partial charge on any atom is -0.481 e. The van der Waals surface area contributed by atoms with E-state index in [9.17, 15) is 4.79 Å². The number of carbonyl (C=O) groups is 1. The third kappa shape index (κ3) is 1.98. The highest BCUT2D eigenvalue weighted by Crippen LogP contribution is 2.29. The van der Waals surface area contributed by atoms with Crippen LogP contribution in [-0.4, -0.2) is 37.3 Å². The molecule has 0 aromatic carbocycles. The number of methoxy groups -OCH3 is 1. The highest BCUT2D eigenvalue weighted by atomic mass is 16.6. The van der Waals surface area contributed by atoms with Gasteiger partial charge in [0.1, 0.15) is 5.82 Å². The molecule has 0 radical (unpaired) electrons. The first-order valence-electron chi connectivity index (χ1n) is 5.74. The van der Waals surface area contributed by atoms with Crippen molar-refractivity contribution in [3.8, 4) is 5.88 Å². The molecule has 0 aliphatic carbocycles. The van der Waals surface area contributed by atoms with E-state index < -0.39 is 0 Å². The van der Waals surface area contributed by atoms with Gasteiger partial charge in [0.15, 0.2) is 0 Å². The third-order valence-corrected chi connectivity index (χ3v) is 3.09. The van der Waals surface area contributed by atoms with E-state index in [1.54, 1.807) is 12.0 Å². The highest BCUT2D eigenvalue weighted by Gasteiger charge is 2.32. The zero-order valence-corrected chi connectivity index (χ0v) is 9.68. The number of amides is 1. The SMILES string of the molecule is COc1ccc2c(n1)N(CC1CO1)C(=O)CC2. The lowest BCUT2D eigenvalue weighted by molar-refractivity contribution is -0.119. The zero-order valence-electron chi connectivity index (χ0n) is 9.68. The van der Waals surface area contributed by atoms with Crippen molar-refractivity contribution in [3.05, 3.63) is 17.7 Å². The van der Waals surface area contributed by atoms with Gasteiger partial charge in [-0.15, -0.1) is 0 Å². The maximum Gasteiger partial charge on any atom is 0.228 e. The van der Waals surface area contributed by atoms with Gasteiger partial charge >= 0.3 is 0 Å². The van der Waals surface area contributed by atoms with Crippen LogP contribution in [0.1, 0.15) is 12.0 Å². The van der Waals surface area contributed by atoms with E-state index in [0.717, 1.165) is 24.4 Å². The number of hydrogen-bond acceptors (Lipinski definition) is 4. The fourth-order valence-electron chi connectivity index (χ4n) is 2.06. The Kier molecular flexibility index (Phi) is 2.48. The van der Waals surface area contributed by atoms with Crippen LogP contribution in [0, 0.1) is 0 Å². The highest BCUT2D eigenvalue weighted by molar-refractivity contribution is 5.95. The summed E-state index contributed by atoms with van der Waals surface area (Å²) >= 11 is 0. The van der Waals surface area contributed by atoms with Crippen LogP contribution in [0.5, 0.6) is 5.88 Å². The summed E-state index contributed by atoms with van der Waals surface area (Å²) in [6.07, 6.45) is 1.49. The molecule has 1 atom stereocenters. The summed E-state index contributed by atoms with van der Waals surface area (Å²) in [5, 5.41) is 0. The van der Waals surface area contributed by atoms with Gasteiger partial charge in [-0.2, -0.15) is 4.98 Å². The lowest BCUT2D eigenvalue weighted by atomic mass is 10.0. The predicted octanol–water partition coefficient (Wildman–Crippen LogP) is 0.768. The molecule has 3 heterocycles. The van der Waals surface area contributed by atoms with Gasteiger partial charge < -0.3 is 9.47 Å². The van der Waals surface area contributed by atoms with E-state index in [4.69, 9.17) is 9.47 Å². The average molecular weight is 234 g/mol. The molecular weight excluding hydrogens is 220 g/mol. The third-order valence-electron chi connectivity index (χ3n) is 3.09. The number of nitrogens with zero attached hydrogens (tertiary/aromatic N) is 2. The molecule has 17 heavy (non-hydrogen) atoms. The summed E-state index contributed by atoms with van der Waals surface area (Å²) < 4.78 is 10.3. The molecule has 90 valence electrons. The van der Waals surface area contributed by atoms with Crippen LogP contribution < -0.4 is 9.64 Å². The molecular formula is C12H14N2O3. The number of hydrogen-bond donors (Lipinski definition) is 0. The fraction of sp³-hybridized carbons (Fsp3) is 0.500. The molecule has 1 amide bonds. The largest absolute Gasteiger partial charge is 0.481 e. The number of epoxide rings is 1. The Bertz CT molecular complexity index is 457. The molecule has 1 aromatic heterocycles. The maximum atomic E-state index is 11.9. The second-order valence-electron chi connectivity index (χ2n) is 4.30. The topological polar surface area (TPSA) is 55.0 Å². The van der Waals surface area contributed by atoms with Gasteiger partial charge in [-0.1, -0.05) is 0 Å². The van der Waals surface area contributed by atoms with Crippen molar-refractivity contribution in [2.24, 2.45) is 0 Å². The van der Waals surface area contributed by atoms with Crippen molar-refractivity contribution in [1.82, 2.24) is 4.98 Å². The van der Waals surface area contributed by atoms with Crippen molar-refractivity contribution in [3.63, 3.8) is 0 Å². The first-order valence-corrected chi connectivity index (χ1v) is 5.74. The van der Waals surface area contributed by atoms with E-state index in [1.165, 1.54) is 0 Å². The number of rotatable bonds is 3. The Morgan fingerprint density at radius 2 is 2.35 bits per heavy atom. The number of aromatic nitrogens is 1. The number of carbonyl (C=O) groups excluding carboxylic acids is 1. The van der Waals surface area contributed by atoms with Crippen LogP contribution in [0.4, 0.5) is 5.82 Å². The minimum absolute atomic E-state index is 0.119. The van der Waals surface area contributed by atoms with Crippen LogP contribution in [0.15, 0.2) is 12.1 Å². The average Bonchev–Trinajstić information content (AvgIpc) is 3.16. The van der Waals surface area contributed by atoms with E-state index in [-0.39, 0.29) is 12.0 Å². The van der Waals surface area contributed by atoms with E-state index >= 15 is 0 Å². The predicted molar refractivity (Wildman–Crippen MR) is 61.2 cm³/mol. The second kappa shape index (κ2) is 4.00. The quantitative estimate of drug-likeness (QED) is 0.725. The Hall–Kier alpha value is -1.62. The monoisotopic (exact) mass is 234 g/mol. The summed E-state index contributed by atoms with van der Waals surface area (Å²) in [5.74, 6) is 1.39. The molecule has 5 nitrogen and oxygen atoms in total. The van der Waals surface area contributed by atoms with Crippen LogP contribution in [0.25, 0.3) is 0 Å². The summed E-state index contributed by atoms with van der Waals surface area (Å²) in [6.45, 7) is 1.34. The van der Waals surface area contributed by atoms with Gasteiger partial charge in [0, 0.05) is 12.5 Å². The van der Waals surface area contributed by atoms with Crippen molar-refractivity contribution in [1.29, 1.82) is 0 Å². The smallest absolute Gasteiger partial charge is 0.228 e. The van der Waals surface area contributed by atoms with Crippen molar-refractivity contribution >= 4 is 11.7 Å². The molecule has 1 unspecified atom stereocenters. The molecule has 5 heteroatoms. The van der Waals surface area contributed by atoms with Gasteiger partial charge in [-0.25, -0.2) is 0 Å². The molecule has 3 rings (SSSR count). The van der Waals surface area contributed by atoms with Crippen LogP contribution in [0.3, 0.4) is 0 Å². The van der Waals surface area contributed by atoms with Gasteiger partial charge in [0.2, 0.25) is 11.8 Å². The van der Waals surface area contributed by atoms with Gasteiger partial charge in [-0.05, 0) is 18.1 Å². The summed E-state index contributed by atoms with van der Waals surface area (Å²) in [6, 6.07) is 3.81. The molecule has 0 saturated carbocycles. The van der Waals surface area contributed by atoms with Gasteiger partial charge in [0.05, 0.1) is 26.4 Å². The Morgan fingerprint density at radius 1 is 1.53 bits per heavy atom. The number of aryl methyl sites for hydroxylation is 1. The Balaban J connectivity index is 1.95. The number of fused-ring (bicyclic) bond motifs is 1. The van der Waals surface area contributed by atoms with E-state index in [0.29, 0.717) is 18.8 Å². The molecule has 0 bridgehead atoms. The second-order valence-corrected chi connectivity index (χ2v) is 4.30. The van der Waals surface area contributed by atoms with E-state index in [2.05, 4.69) is 4.98 Å². The lowest BCUT2D eigenvalue weighted by Crippen LogP contribution is -2.38. The van der Waals surface area contributed by atoms with Crippen LogP contribution in [0.2, 0.25) is 0 Å². The fourth-order valence-corrected chi connectivity index (χ4v) is 2.06. The molecule has 2 aliphatic heterocycles. The number of pyridine rings is 1. The normalized spacial score (nSPS) is 22.3. The summed E-state index contributed by atoms with van der Waals surface area (Å²) in [5.41, 5.74) is 1.10. The number of anilines is 1. The van der Waals surface area contributed by atoms with Crippen molar-refractivity contribution in [2.45, 2.75) is 18.9 Å². The van der Waals surface area contributed by atoms with Gasteiger partial charge in [0.25, 0.3) is 0 Å². The summed E-state index contributed by atoms with van der Waals surface area (Å²) in [7, 11) is 1.58. The molecule has 2 aliphatic rings. The van der Waals surface area contributed by atoms with Crippen LogP contribution in [-0.2, 0) is 16.0 Å².